The highest BCUT2D eigenvalue weighted by atomic mass is 32.1. The molecule has 0 unspecified atom stereocenters. The molecule has 16 heavy (non-hydrogen) atoms. The Morgan fingerprint density at radius 1 is 1.44 bits per heavy atom. The van der Waals surface area contributed by atoms with Gasteiger partial charge in [0.05, 0.1) is 6.54 Å². The van der Waals surface area contributed by atoms with Gasteiger partial charge in [0.1, 0.15) is 10.8 Å². The van der Waals surface area contributed by atoms with Crippen molar-refractivity contribution in [2.45, 2.75) is 6.54 Å². The van der Waals surface area contributed by atoms with Crippen LogP contribution in [0.3, 0.4) is 0 Å². The van der Waals surface area contributed by atoms with Crippen molar-refractivity contribution in [2.24, 2.45) is 0 Å². The van der Waals surface area contributed by atoms with Gasteiger partial charge in [-0.2, -0.15) is 0 Å². The van der Waals surface area contributed by atoms with Crippen molar-refractivity contribution in [3.8, 4) is 5.75 Å². The smallest absolute Gasteiger partial charge is 0.274 e. The number of carbonyl (C=O) groups is 1. The van der Waals surface area contributed by atoms with Crippen molar-refractivity contribution in [1.29, 1.82) is 0 Å². The van der Waals surface area contributed by atoms with Gasteiger partial charge < -0.3 is 10.4 Å². The minimum atomic E-state index is -0.409. The van der Waals surface area contributed by atoms with Gasteiger partial charge in [-0.15, -0.1) is 11.3 Å². The van der Waals surface area contributed by atoms with Gasteiger partial charge >= 0.3 is 0 Å². The highest BCUT2D eigenvalue weighted by Crippen LogP contribution is 2.12. The number of rotatable bonds is 3. The molecule has 0 spiro atoms. The first kappa shape index (κ1) is 10.6. The summed E-state index contributed by atoms with van der Waals surface area (Å²) in [6.45, 7) is 0.340. The molecule has 5 nitrogen and oxygen atoms in total. The summed E-state index contributed by atoms with van der Waals surface area (Å²) in [5, 5.41) is 14.7. The molecule has 0 saturated carbocycles. The molecule has 82 valence electrons. The quantitative estimate of drug-likeness (QED) is 0.837. The van der Waals surface area contributed by atoms with Crippen LogP contribution in [-0.2, 0) is 6.54 Å². The van der Waals surface area contributed by atoms with Gasteiger partial charge in [0.15, 0.2) is 5.69 Å². The van der Waals surface area contributed by atoms with Crippen LogP contribution in [0.5, 0.6) is 5.75 Å². The summed E-state index contributed by atoms with van der Waals surface area (Å²) in [4.78, 5) is 19.4. The van der Waals surface area contributed by atoms with E-state index in [1.165, 1.54) is 23.6 Å². The molecule has 0 aliphatic carbocycles. The average molecular weight is 235 g/mol. The number of thiazole rings is 1. The summed E-state index contributed by atoms with van der Waals surface area (Å²) in [6, 6.07) is 2.98. The molecule has 1 amide bonds. The van der Waals surface area contributed by atoms with Crippen LogP contribution in [0.1, 0.15) is 15.5 Å². The molecule has 2 heterocycles. The topological polar surface area (TPSA) is 75.1 Å². The number of hydrogen-bond donors (Lipinski definition) is 2. The molecule has 0 radical (unpaired) electrons. The monoisotopic (exact) mass is 235 g/mol. The summed E-state index contributed by atoms with van der Waals surface area (Å²) in [7, 11) is 0. The van der Waals surface area contributed by atoms with Crippen molar-refractivity contribution in [3.63, 3.8) is 0 Å². The van der Waals surface area contributed by atoms with E-state index in [4.69, 9.17) is 0 Å². The van der Waals surface area contributed by atoms with Crippen LogP contribution in [0.25, 0.3) is 0 Å². The van der Waals surface area contributed by atoms with Crippen LogP contribution in [0, 0.1) is 0 Å². The number of hydrogen-bond acceptors (Lipinski definition) is 5. The van der Waals surface area contributed by atoms with Gasteiger partial charge in [-0.1, -0.05) is 0 Å². The van der Waals surface area contributed by atoms with Crippen molar-refractivity contribution in [3.05, 3.63) is 40.6 Å². The van der Waals surface area contributed by atoms with E-state index >= 15 is 0 Å². The molecular weight excluding hydrogens is 226 g/mol. The van der Waals surface area contributed by atoms with E-state index in [1.54, 1.807) is 12.3 Å². The average Bonchev–Trinajstić information content (AvgIpc) is 2.79. The van der Waals surface area contributed by atoms with Gasteiger partial charge in [-0.3, -0.25) is 4.79 Å². The lowest BCUT2D eigenvalue weighted by atomic mass is 10.3. The van der Waals surface area contributed by atoms with Gasteiger partial charge in [0.2, 0.25) is 0 Å². The lowest BCUT2D eigenvalue weighted by molar-refractivity contribution is 0.0943. The van der Waals surface area contributed by atoms with E-state index in [-0.39, 0.29) is 11.4 Å². The van der Waals surface area contributed by atoms with E-state index in [2.05, 4.69) is 15.3 Å². The van der Waals surface area contributed by atoms with Crippen molar-refractivity contribution in [2.75, 3.05) is 0 Å². The van der Waals surface area contributed by atoms with E-state index in [1.807, 2.05) is 5.38 Å². The maximum atomic E-state index is 11.6. The van der Waals surface area contributed by atoms with E-state index in [9.17, 15) is 9.90 Å². The molecule has 0 aliphatic rings. The Hall–Kier alpha value is -1.95. The third-order valence-corrected chi connectivity index (χ3v) is 2.66. The van der Waals surface area contributed by atoms with Crippen LogP contribution in [0.2, 0.25) is 0 Å². The number of carbonyl (C=O) groups excluding carboxylic acids is 1. The highest BCUT2D eigenvalue weighted by molar-refractivity contribution is 7.09. The van der Waals surface area contributed by atoms with Gasteiger partial charge in [-0.05, 0) is 12.1 Å². The first-order chi connectivity index (χ1) is 7.77. The van der Waals surface area contributed by atoms with Gasteiger partial charge in [-0.25, -0.2) is 9.97 Å². The third-order valence-electron chi connectivity index (χ3n) is 1.89. The summed E-state index contributed by atoms with van der Waals surface area (Å²) < 4.78 is 0. The second-order valence-electron chi connectivity index (χ2n) is 2.98. The molecule has 2 rings (SSSR count). The molecule has 0 atom stereocenters. The lowest BCUT2D eigenvalue weighted by Crippen LogP contribution is -2.23. The standard InChI is InChI=1S/C10H9N3O2S/c14-7-2-1-3-12-9(7)10(15)13-6-8-11-4-5-16-8/h1-5,14H,6H2,(H,13,15). The second-order valence-corrected chi connectivity index (χ2v) is 3.96. The molecule has 0 aromatic carbocycles. The summed E-state index contributed by atoms with van der Waals surface area (Å²) in [5.41, 5.74) is 0.0269. The minimum Gasteiger partial charge on any atom is -0.505 e. The fourth-order valence-corrected chi connectivity index (χ4v) is 1.71. The zero-order valence-corrected chi connectivity index (χ0v) is 9.07. The van der Waals surface area contributed by atoms with Crippen LogP contribution in [-0.4, -0.2) is 21.0 Å². The fourth-order valence-electron chi connectivity index (χ4n) is 1.15. The maximum Gasteiger partial charge on any atom is 0.274 e. The third kappa shape index (κ3) is 2.34. The lowest BCUT2D eigenvalue weighted by Gasteiger charge is -2.03. The van der Waals surface area contributed by atoms with Crippen molar-refractivity contribution < 1.29 is 9.90 Å². The Morgan fingerprint density at radius 2 is 2.31 bits per heavy atom. The van der Waals surface area contributed by atoms with Crippen molar-refractivity contribution >= 4 is 17.2 Å². The molecule has 0 bridgehead atoms. The van der Waals surface area contributed by atoms with E-state index < -0.39 is 5.91 Å². The number of pyridine rings is 1. The molecule has 0 saturated heterocycles. The SMILES string of the molecule is O=C(NCc1nccs1)c1ncccc1O. The number of nitrogens with one attached hydrogen (secondary N) is 1. The predicted molar refractivity (Wildman–Crippen MR) is 59.2 cm³/mol. The Balaban J connectivity index is 2.01. The molecule has 6 heteroatoms. The fraction of sp³-hybridized carbons (Fsp3) is 0.100. The molecule has 2 aromatic rings. The van der Waals surface area contributed by atoms with Gasteiger partial charge in [0, 0.05) is 17.8 Å². The summed E-state index contributed by atoms with van der Waals surface area (Å²) in [5.74, 6) is -0.535. The van der Waals surface area contributed by atoms with Crippen LogP contribution >= 0.6 is 11.3 Å². The van der Waals surface area contributed by atoms with Crippen molar-refractivity contribution in [1.82, 2.24) is 15.3 Å². The number of aromatic nitrogens is 2. The highest BCUT2D eigenvalue weighted by Gasteiger charge is 2.11. The molecule has 0 aliphatic heterocycles. The molecule has 2 N–H and O–H groups in total. The van der Waals surface area contributed by atoms with Gasteiger partial charge in [0.25, 0.3) is 5.91 Å². The first-order valence-electron chi connectivity index (χ1n) is 4.58. The normalized spacial score (nSPS) is 10.0. The maximum absolute atomic E-state index is 11.6. The molecule has 0 fully saturated rings. The summed E-state index contributed by atoms with van der Waals surface area (Å²) in [6.07, 6.45) is 3.13. The Kier molecular flexibility index (Phi) is 3.11. The van der Waals surface area contributed by atoms with Crippen LogP contribution in [0.15, 0.2) is 29.9 Å². The number of nitrogens with zero attached hydrogens (tertiary/aromatic N) is 2. The van der Waals surface area contributed by atoms with Crippen LogP contribution < -0.4 is 5.32 Å². The second kappa shape index (κ2) is 4.71. The van der Waals surface area contributed by atoms with E-state index in [0.29, 0.717) is 6.54 Å². The zero-order chi connectivity index (χ0) is 11.4. The zero-order valence-electron chi connectivity index (χ0n) is 8.25. The van der Waals surface area contributed by atoms with E-state index in [0.717, 1.165) is 5.01 Å². The molecule has 2 aromatic heterocycles. The first-order valence-corrected chi connectivity index (χ1v) is 5.46. The predicted octanol–water partition coefficient (Wildman–Crippen LogP) is 1.17. The largest absolute Gasteiger partial charge is 0.505 e. The number of aromatic hydroxyl groups is 1. The Bertz CT molecular complexity index is 485. The Morgan fingerprint density at radius 3 is 3.00 bits per heavy atom. The minimum absolute atomic E-state index is 0.0269. The molecular formula is C10H9N3O2S. The summed E-state index contributed by atoms with van der Waals surface area (Å²) >= 11 is 1.46. The van der Waals surface area contributed by atoms with Crippen LogP contribution in [0.4, 0.5) is 0 Å². The Labute approximate surface area is 95.8 Å². The number of amides is 1.